The van der Waals surface area contributed by atoms with Crippen LogP contribution in [0.2, 0.25) is 0 Å². The molecule has 0 saturated carbocycles. The topological polar surface area (TPSA) is 80.0 Å². The molecule has 1 aromatic carbocycles. The van der Waals surface area contributed by atoms with Crippen LogP contribution in [0.1, 0.15) is 19.4 Å². The molecule has 1 amide bonds. The van der Waals surface area contributed by atoms with Crippen molar-refractivity contribution in [3.05, 3.63) is 23.8 Å². The number of carbonyl (C=O) groups is 1. The third-order valence-corrected chi connectivity index (χ3v) is 3.59. The van der Waals surface area contributed by atoms with E-state index in [-0.39, 0.29) is 17.4 Å². The lowest BCUT2D eigenvalue weighted by atomic mass is 9.87. The van der Waals surface area contributed by atoms with Crippen LogP contribution in [0.3, 0.4) is 0 Å². The third-order valence-electron chi connectivity index (χ3n) is 3.59. The first-order chi connectivity index (χ1) is 9.06. The van der Waals surface area contributed by atoms with Gasteiger partial charge in [0.1, 0.15) is 11.0 Å². The van der Waals surface area contributed by atoms with Gasteiger partial charge in [-0.05, 0) is 28.0 Å². The Kier molecular flexibility index (Phi) is 2.74. The van der Waals surface area contributed by atoms with Gasteiger partial charge in [-0.1, -0.05) is 19.9 Å². The summed E-state index contributed by atoms with van der Waals surface area (Å²) in [6.07, 6.45) is 0. The molecular weight excluding hydrogens is 244 g/mol. The average Bonchev–Trinajstić information content (AvgIpc) is 2.92. The molecular formula is C13H16N4O2. The SMILES string of the molecule is CC1(C)CNC(=O)C1NCc1ccc2nonc2c1. The Morgan fingerprint density at radius 1 is 1.42 bits per heavy atom. The lowest BCUT2D eigenvalue weighted by Crippen LogP contribution is -2.43. The van der Waals surface area contributed by atoms with E-state index in [0.29, 0.717) is 13.1 Å². The maximum Gasteiger partial charge on any atom is 0.237 e. The van der Waals surface area contributed by atoms with Crippen LogP contribution in [0.5, 0.6) is 0 Å². The summed E-state index contributed by atoms with van der Waals surface area (Å²) in [5.41, 5.74) is 2.45. The minimum absolute atomic E-state index is 0.0641. The molecule has 19 heavy (non-hydrogen) atoms. The quantitative estimate of drug-likeness (QED) is 0.854. The number of rotatable bonds is 3. The molecule has 1 aliphatic rings. The first kappa shape index (κ1) is 12.1. The minimum Gasteiger partial charge on any atom is -0.354 e. The van der Waals surface area contributed by atoms with Crippen molar-refractivity contribution in [1.82, 2.24) is 20.9 Å². The van der Waals surface area contributed by atoms with Crippen molar-refractivity contribution in [3.63, 3.8) is 0 Å². The van der Waals surface area contributed by atoms with Crippen LogP contribution in [-0.2, 0) is 11.3 Å². The number of amides is 1. The molecule has 0 spiro atoms. The molecule has 0 bridgehead atoms. The van der Waals surface area contributed by atoms with E-state index in [1.54, 1.807) is 0 Å². The van der Waals surface area contributed by atoms with Crippen molar-refractivity contribution in [1.29, 1.82) is 0 Å². The van der Waals surface area contributed by atoms with Crippen LogP contribution in [-0.4, -0.2) is 28.8 Å². The summed E-state index contributed by atoms with van der Waals surface area (Å²) in [5, 5.41) is 13.8. The number of benzene rings is 1. The van der Waals surface area contributed by atoms with E-state index in [4.69, 9.17) is 0 Å². The lowest BCUT2D eigenvalue weighted by Gasteiger charge is -2.24. The predicted octanol–water partition coefficient (Wildman–Crippen LogP) is 0.837. The Morgan fingerprint density at radius 2 is 2.21 bits per heavy atom. The molecule has 2 aromatic rings. The molecule has 1 unspecified atom stereocenters. The van der Waals surface area contributed by atoms with Crippen LogP contribution in [0.25, 0.3) is 11.0 Å². The molecule has 1 atom stereocenters. The first-order valence-electron chi connectivity index (χ1n) is 6.28. The monoisotopic (exact) mass is 260 g/mol. The molecule has 1 aromatic heterocycles. The molecule has 0 aliphatic carbocycles. The van der Waals surface area contributed by atoms with E-state index < -0.39 is 0 Å². The van der Waals surface area contributed by atoms with Crippen molar-refractivity contribution in [2.75, 3.05) is 6.54 Å². The van der Waals surface area contributed by atoms with Gasteiger partial charge in [-0.2, -0.15) is 0 Å². The summed E-state index contributed by atoms with van der Waals surface area (Å²) < 4.78 is 4.66. The van der Waals surface area contributed by atoms with E-state index >= 15 is 0 Å². The second kappa shape index (κ2) is 4.31. The lowest BCUT2D eigenvalue weighted by molar-refractivity contribution is -0.121. The zero-order valence-electron chi connectivity index (χ0n) is 10.9. The van der Waals surface area contributed by atoms with Gasteiger partial charge in [-0.3, -0.25) is 4.79 Å². The van der Waals surface area contributed by atoms with Crippen LogP contribution in [0.4, 0.5) is 0 Å². The van der Waals surface area contributed by atoms with Crippen molar-refractivity contribution >= 4 is 16.9 Å². The molecule has 1 fully saturated rings. The maximum atomic E-state index is 11.8. The number of nitrogens with zero attached hydrogens (tertiary/aromatic N) is 2. The summed E-state index contributed by atoms with van der Waals surface area (Å²) in [4.78, 5) is 11.8. The molecule has 2 heterocycles. The second-order valence-corrected chi connectivity index (χ2v) is 5.61. The standard InChI is InChI=1S/C13H16N4O2/c1-13(2)7-15-12(18)11(13)14-6-8-3-4-9-10(5-8)17-19-16-9/h3-5,11,14H,6-7H2,1-2H3,(H,15,18). The third kappa shape index (κ3) is 2.19. The Morgan fingerprint density at radius 3 is 2.95 bits per heavy atom. The first-order valence-corrected chi connectivity index (χ1v) is 6.28. The summed E-state index contributed by atoms with van der Waals surface area (Å²) in [7, 11) is 0. The van der Waals surface area contributed by atoms with Gasteiger partial charge >= 0.3 is 0 Å². The fourth-order valence-electron chi connectivity index (χ4n) is 2.40. The minimum atomic E-state index is -0.168. The number of fused-ring (bicyclic) bond motifs is 1. The zero-order valence-corrected chi connectivity index (χ0v) is 10.9. The van der Waals surface area contributed by atoms with E-state index in [2.05, 4.69) is 39.4 Å². The van der Waals surface area contributed by atoms with Crippen LogP contribution >= 0.6 is 0 Å². The molecule has 6 nitrogen and oxygen atoms in total. The normalized spacial score (nSPS) is 21.8. The van der Waals surface area contributed by atoms with Gasteiger partial charge in [0.2, 0.25) is 5.91 Å². The predicted molar refractivity (Wildman–Crippen MR) is 69.2 cm³/mol. The molecule has 2 N–H and O–H groups in total. The van der Waals surface area contributed by atoms with Crippen LogP contribution in [0, 0.1) is 5.41 Å². The molecule has 100 valence electrons. The van der Waals surface area contributed by atoms with Crippen LogP contribution in [0.15, 0.2) is 22.8 Å². The van der Waals surface area contributed by atoms with Crippen molar-refractivity contribution in [2.24, 2.45) is 5.41 Å². The highest BCUT2D eigenvalue weighted by Gasteiger charge is 2.40. The maximum absolute atomic E-state index is 11.8. The van der Waals surface area contributed by atoms with Crippen LogP contribution < -0.4 is 10.6 Å². The number of aromatic nitrogens is 2. The summed E-state index contributed by atoms with van der Waals surface area (Å²) >= 11 is 0. The Labute approximate surface area is 110 Å². The second-order valence-electron chi connectivity index (χ2n) is 5.61. The molecule has 1 aliphatic heterocycles. The summed E-state index contributed by atoms with van der Waals surface area (Å²) in [6.45, 7) is 5.47. The smallest absolute Gasteiger partial charge is 0.237 e. The molecule has 0 radical (unpaired) electrons. The fraction of sp³-hybridized carbons (Fsp3) is 0.462. The number of nitrogens with one attached hydrogen (secondary N) is 2. The van der Waals surface area contributed by atoms with Crippen molar-refractivity contribution < 1.29 is 9.42 Å². The van der Waals surface area contributed by atoms with Gasteiger partial charge < -0.3 is 10.6 Å². The van der Waals surface area contributed by atoms with Crippen molar-refractivity contribution in [3.8, 4) is 0 Å². The Bertz CT molecular complexity index is 620. The van der Waals surface area contributed by atoms with E-state index in [9.17, 15) is 4.79 Å². The largest absolute Gasteiger partial charge is 0.354 e. The number of hydrogen-bond acceptors (Lipinski definition) is 5. The zero-order chi connectivity index (χ0) is 13.5. The van der Waals surface area contributed by atoms with Gasteiger partial charge in [0.25, 0.3) is 0 Å². The van der Waals surface area contributed by atoms with E-state index in [1.807, 2.05) is 18.2 Å². The van der Waals surface area contributed by atoms with Gasteiger partial charge in [-0.15, -0.1) is 0 Å². The highest BCUT2D eigenvalue weighted by Crippen LogP contribution is 2.25. The summed E-state index contributed by atoms with van der Waals surface area (Å²) in [5.74, 6) is 0.0641. The molecule has 6 heteroatoms. The number of carbonyl (C=O) groups excluding carboxylic acids is 1. The van der Waals surface area contributed by atoms with Gasteiger partial charge in [0.15, 0.2) is 0 Å². The Hall–Kier alpha value is -1.95. The molecule has 1 saturated heterocycles. The summed E-state index contributed by atoms with van der Waals surface area (Å²) in [6, 6.07) is 5.57. The van der Waals surface area contributed by atoms with Gasteiger partial charge in [0, 0.05) is 18.5 Å². The van der Waals surface area contributed by atoms with E-state index in [0.717, 1.165) is 16.6 Å². The Balaban J connectivity index is 1.73. The van der Waals surface area contributed by atoms with Crippen molar-refractivity contribution in [2.45, 2.75) is 26.4 Å². The van der Waals surface area contributed by atoms with Gasteiger partial charge in [-0.25, -0.2) is 4.63 Å². The average molecular weight is 260 g/mol. The number of hydrogen-bond donors (Lipinski definition) is 2. The fourth-order valence-corrected chi connectivity index (χ4v) is 2.40. The highest BCUT2D eigenvalue weighted by molar-refractivity contribution is 5.85. The van der Waals surface area contributed by atoms with Gasteiger partial charge in [0.05, 0.1) is 6.04 Å². The highest BCUT2D eigenvalue weighted by atomic mass is 16.6. The van der Waals surface area contributed by atoms with E-state index in [1.165, 1.54) is 0 Å². The molecule has 3 rings (SSSR count).